The van der Waals surface area contributed by atoms with Crippen LogP contribution in [0.4, 0.5) is 19.0 Å². The van der Waals surface area contributed by atoms with E-state index in [0.29, 0.717) is 0 Å². The van der Waals surface area contributed by atoms with Crippen molar-refractivity contribution in [2.24, 2.45) is 0 Å². The summed E-state index contributed by atoms with van der Waals surface area (Å²) in [5.41, 5.74) is 7.92. The van der Waals surface area contributed by atoms with E-state index >= 15 is 0 Å². The molecule has 0 amide bonds. The van der Waals surface area contributed by atoms with Gasteiger partial charge in [0.25, 0.3) is 0 Å². The zero-order chi connectivity index (χ0) is 15.1. The van der Waals surface area contributed by atoms with Crippen LogP contribution in [0.5, 0.6) is 0 Å². The maximum atomic E-state index is 12.7. The number of halogens is 3. The van der Waals surface area contributed by atoms with Gasteiger partial charge in [-0.25, -0.2) is 14.6 Å². The van der Waals surface area contributed by atoms with E-state index in [9.17, 15) is 13.2 Å². The predicted octanol–water partition coefficient (Wildman–Crippen LogP) is 2.44. The molecule has 0 unspecified atom stereocenters. The molecule has 20 heavy (non-hydrogen) atoms. The van der Waals surface area contributed by atoms with E-state index in [1.54, 1.807) is 13.8 Å². The number of rotatable bonds is 2. The van der Waals surface area contributed by atoms with Gasteiger partial charge in [0, 0.05) is 11.8 Å². The SMILES string of the molecule is CCc1c(C)nn(-c2cc(N)nc(C(F)(F)F)n2)c1C. The zero-order valence-electron chi connectivity index (χ0n) is 11.3. The summed E-state index contributed by atoms with van der Waals surface area (Å²) < 4.78 is 39.5. The summed E-state index contributed by atoms with van der Waals surface area (Å²) in [6.07, 6.45) is -3.90. The minimum Gasteiger partial charge on any atom is -0.384 e. The fraction of sp³-hybridized carbons (Fsp3) is 0.417. The molecule has 2 rings (SSSR count). The number of nitrogens with zero attached hydrogens (tertiary/aromatic N) is 4. The van der Waals surface area contributed by atoms with Crippen molar-refractivity contribution < 1.29 is 13.2 Å². The summed E-state index contributed by atoms with van der Waals surface area (Å²) in [7, 11) is 0. The van der Waals surface area contributed by atoms with Gasteiger partial charge in [0.2, 0.25) is 5.82 Å². The molecule has 0 bridgehead atoms. The van der Waals surface area contributed by atoms with Crippen molar-refractivity contribution in [3.05, 3.63) is 28.8 Å². The van der Waals surface area contributed by atoms with Gasteiger partial charge < -0.3 is 5.73 Å². The summed E-state index contributed by atoms with van der Waals surface area (Å²) in [5.74, 6) is -1.49. The first kappa shape index (κ1) is 14.3. The highest BCUT2D eigenvalue weighted by atomic mass is 19.4. The second-order valence-electron chi connectivity index (χ2n) is 4.39. The van der Waals surface area contributed by atoms with Crippen molar-refractivity contribution in [2.75, 3.05) is 5.73 Å². The fourth-order valence-electron chi connectivity index (χ4n) is 2.10. The van der Waals surface area contributed by atoms with E-state index in [-0.39, 0.29) is 11.6 Å². The molecule has 0 aliphatic heterocycles. The smallest absolute Gasteiger partial charge is 0.384 e. The Balaban J connectivity index is 2.62. The molecule has 0 aromatic carbocycles. The van der Waals surface area contributed by atoms with Crippen molar-refractivity contribution in [1.82, 2.24) is 19.7 Å². The normalized spacial score (nSPS) is 11.9. The molecular weight excluding hydrogens is 271 g/mol. The van der Waals surface area contributed by atoms with Crippen LogP contribution in [-0.4, -0.2) is 19.7 Å². The van der Waals surface area contributed by atoms with Gasteiger partial charge in [-0.15, -0.1) is 0 Å². The number of aryl methyl sites for hydroxylation is 1. The minimum atomic E-state index is -4.65. The maximum absolute atomic E-state index is 12.7. The van der Waals surface area contributed by atoms with E-state index in [1.165, 1.54) is 10.7 Å². The van der Waals surface area contributed by atoms with Gasteiger partial charge in [-0.05, 0) is 25.8 Å². The van der Waals surface area contributed by atoms with Gasteiger partial charge in [0.1, 0.15) is 5.82 Å². The van der Waals surface area contributed by atoms with E-state index in [0.717, 1.165) is 23.4 Å². The van der Waals surface area contributed by atoms with Crippen LogP contribution in [0, 0.1) is 13.8 Å². The number of hydrogen-bond acceptors (Lipinski definition) is 4. The first-order valence-electron chi connectivity index (χ1n) is 6.01. The van der Waals surface area contributed by atoms with Gasteiger partial charge in [0.15, 0.2) is 5.82 Å². The van der Waals surface area contributed by atoms with Crippen molar-refractivity contribution in [2.45, 2.75) is 33.4 Å². The van der Waals surface area contributed by atoms with Crippen LogP contribution < -0.4 is 5.73 Å². The van der Waals surface area contributed by atoms with E-state index in [4.69, 9.17) is 5.73 Å². The fourth-order valence-corrected chi connectivity index (χ4v) is 2.10. The Bertz CT molecular complexity index is 645. The Kier molecular flexibility index (Phi) is 3.41. The lowest BCUT2D eigenvalue weighted by atomic mass is 10.1. The molecule has 0 spiro atoms. The third-order valence-electron chi connectivity index (χ3n) is 3.00. The molecule has 108 valence electrons. The monoisotopic (exact) mass is 285 g/mol. The van der Waals surface area contributed by atoms with Crippen LogP contribution in [-0.2, 0) is 12.6 Å². The molecule has 0 fully saturated rings. The molecule has 0 saturated heterocycles. The molecule has 8 heteroatoms. The number of aromatic nitrogens is 4. The Labute approximate surface area is 113 Å². The zero-order valence-corrected chi connectivity index (χ0v) is 11.3. The summed E-state index contributed by atoms with van der Waals surface area (Å²) in [6, 6.07) is 1.27. The van der Waals surface area contributed by atoms with E-state index in [2.05, 4.69) is 15.1 Å². The van der Waals surface area contributed by atoms with Crippen molar-refractivity contribution >= 4 is 5.82 Å². The van der Waals surface area contributed by atoms with Crippen LogP contribution in [0.3, 0.4) is 0 Å². The lowest BCUT2D eigenvalue weighted by molar-refractivity contribution is -0.144. The second kappa shape index (κ2) is 4.77. The average Bonchev–Trinajstić information content (AvgIpc) is 2.62. The van der Waals surface area contributed by atoms with Crippen LogP contribution in [0.1, 0.15) is 29.7 Å². The molecule has 0 atom stereocenters. The molecule has 5 nitrogen and oxygen atoms in total. The van der Waals surface area contributed by atoms with Gasteiger partial charge in [-0.2, -0.15) is 18.3 Å². The van der Waals surface area contributed by atoms with E-state index < -0.39 is 12.0 Å². The predicted molar refractivity (Wildman–Crippen MR) is 67.4 cm³/mol. The van der Waals surface area contributed by atoms with Crippen molar-refractivity contribution in [3.8, 4) is 5.82 Å². The second-order valence-corrected chi connectivity index (χ2v) is 4.39. The molecule has 2 aromatic rings. The topological polar surface area (TPSA) is 69.6 Å². The molecular formula is C12H14F3N5. The lowest BCUT2D eigenvalue weighted by Crippen LogP contribution is -2.15. The molecule has 0 aliphatic carbocycles. The van der Waals surface area contributed by atoms with Crippen molar-refractivity contribution in [3.63, 3.8) is 0 Å². The Morgan fingerprint density at radius 2 is 1.90 bits per heavy atom. The highest BCUT2D eigenvalue weighted by Gasteiger charge is 2.35. The van der Waals surface area contributed by atoms with E-state index in [1.807, 2.05) is 6.92 Å². The third-order valence-corrected chi connectivity index (χ3v) is 3.00. The number of hydrogen-bond donors (Lipinski definition) is 1. The first-order chi connectivity index (χ1) is 9.24. The van der Waals surface area contributed by atoms with Crippen LogP contribution >= 0.6 is 0 Å². The molecule has 2 aromatic heterocycles. The summed E-state index contributed by atoms with van der Waals surface area (Å²) in [6.45, 7) is 5.54. The number of anilines is 1. The van der Waals surface area contributed by atoms with Gasteiger partial charge in [-0.3, -0.25) is 0 Å². The first-order valence-corrected chi connectivity index (χ1v) is 6.01. The van der Waals surface area contributed by atoms with Gasteiger partial charge in [0.05, 0.1) is 5.69 Å². The molecule has 0 radical (unpaired) electrons. The minimum absolute atomic E-state index is 0.0186. The number of nitrogen functional groups attached to an aromatic ring is 1. The Morgan fingerprint density at radius 1 is 1.25 bits per heavy atom. The third kappa shape index (κ3) is 2.45. The number of alkyl halides is 3. The summed E-state index contributed by atoms with van der Waals surface area (Å²) >= 11 is 0. The molecule has 0 aliphatic rings. The molecule has 2 heterocycles. The standard InChI is InChI=1S/C12H14F3N5/c1-4-8-6(2)19-20(7(8)3)10-5-9(16)17-11(18-10)12(13,14)15/h5H,4H2,1-3H3,(H2,16,17,18). The highest BCUT2D eigenvalue weighted by Crippen LogP contribution is 2.28. The number of nitrogens with two attached hydrogens (primary N) is 1. The Morgan fingerprint density at radius 3 is 2.40 bits per heavy atom. The van der Waals surface area contributed by atoms with Crippen LogP contribution in [0.25, 0.3) is 5.82 Å². The van der Waals surface area contributed by atoms with Crippen molar-refractivity contribution in [1.29, 1.82) is 0 Å². The largest absolute Gasteiger partial charge is 0.451 e. The quantitative estimate of drug-likeness (QED) is 0.920. The van der Waals surface area contributed by atoms with Gasteiger partial charge in [-0.1, -0.05) is 6.92 Å². The molecule has 2 N–H and O–H groups in total. The van der Waals surface area contributed by atoms with Gasteiger partial charge >= 0.3 is 6.18 Å². The highest BCUT2D eigenvalue weighted by molar-refractivity contribution is 5.40. The van der Waals surface area contributed by atoms with Crippen LogP contribution in [0.15, 0.2) is 6.07 Å². The molecule has 0 saturated carbocycles. The average molecular weight is 285 g/mol. The lowest BCUT2D eigenvalue weighted by Gasteiger charge is -2.09. The van der Waals surface area contributed by atoms with Crippen LogP contribution in [0.2, 0.25) is 0 Å². The maximum Gasteiger partial charge on any atom is 0.451 e. The Hall–Kier alpha value is -2.12. The summed E-state index contributed by atoms with van der Waals surface area (Å²) in [5, 5.41) is 4.22. The summed E-state index contributed by atoms with van der Waals surface area (Å²) in [4.78, 5) is 6.72.